The molecule has 0 spiro atoms. The van der Waals surface area contributed by atoms with Crippen LogP contribution in [0.5, 0.6) is 0 Å². The van der Waals surface area contributed by atoms with Gasteiger partial charge in [-0.3, -0.25) is 9.78 Å². The maximum Gasteiger partial charge on any atom is 0.303 e. The molecule has 28 heavy (non-hydrogen) atoms. The van der Waals surface area contributed by atoms with Gasteiger partial charge in [0, 0.05) is 35.3 Å². The Bertz CT molecular complexity index is 828. The van der Waals surface area contributed by atoms with Gasteiger partial charge in [0.1, 0.15) is 0 Å². The fourth-order valence-corrected chi connectivity index (χ4v) is 3.62. The van der Waals surface area contributed by atoms with Crippen LogP contribution in [0.2, 0.25) is 10.0 Å². The lowest BCUT2D eigenvalue weighted by Crippen LogP contribution is -2.30. The van der Waals surface area contributed by atoms with Gasteiger partial charge in [0.25, 0.3) is 0 Å². The minimum absolute atomic E-state index is 0.0765. The number of benzene rings is 1. The molecule has 3 atom stereocenters. The van der Waals surface area contributed by atoms with Crippen molar-refractivity contribution in [3.63, 3.8) is 0 Å². The molecule has 2 aromatic rings. The van der Waals surface area contributed by atoms with Gasteiger partial charge in [-0.2, -0.15) is 0 Å². The number of allylic oxidation sites excluding steroid dienone is 2. The second kappa shape index (κ2) is 10.0. The molecule has 1 aromatic heterocycles. The van der Waals surface area contributed by atoms with Crippen molar-refractivity contribution >= 4 is 29.2 Å². The predicted octanol–water partition coefficient (Wildman–Crippen LogP) is 5.60. The molecule has 1 aromatic carbocycles. The van der Waals surface area contributed by atoms with Crippen LogP contribution < -0.4 is 0 Å². The zero-order valence-corrected chi connectivity index (χ0v) is 16.6. The molecule has 1 fully saturated rings. The SMILES string of the molecule is O=C(O)CC/C=C\C[C@H]1CO[C@@H](c2ccc(Cl)cc2Cl)O[C@H]1c1cccnc1. The third kappa shape index (κ3) is 5.55. The van der Waals surface area contributed by atoms with E-state index in [0.717, 1.165) is 11.1 Å². The van der Waals surface area contributed by atoms with Crippen LogP contribution in [0.15, 0.2) is 54.9 Å². The Morgan fingerprint density at radius 2 is 2.14 bits per heavy atom. The van der Waals surface area contributed by atoms with Crippen LogP contribution in [0.3, 0.4) is 0 Å². The lowest BCUT2D eigenvalue weighted by atomic mass is 9.92. The van der Waals surface area contributed by atoms with Gasteiger partial charge in [-0.25, -0.2) is 0 Å². The standard InChI is InChI=1S/C21H21Cl2NO4/c22-16-8-9-17(18(23)11-16)21-27-13-15(5-2-1-3-7-19(25)26)20(28-21)14-6-4-10-24-12-14/h1-2,4,6,8-12,15,20-21H,3,5,7,13H2,(H,25,26)/b2-1-/t15-,20-,21+/m0/s1. The third-order valence-corrected chi connectivity index (χ3v) is 5.08. The second-order valence-electron chi connectivity index (χ2n) is 6.57. The van der Waals surface area contributed by atoms with Crippen molar-refractivity contribution in [3.05, 3.63) is 76.0 Å². The van der Waals surface area contributed by atoms with E-state index in [2.05, 4.69) is 4.98 Å². The maximum absolute atomic E-state index is 10.6. The molecule has 7 heteroatoms. The Labute approximate surface area is 173 Å². The molecular formula is C21H21Cl2NO4. The molecule has 0 unspecified atom stereocenters. The van der Waals surface area contributed by atoms with Crippen LogP contribution >= 0.6 is 23.2 Å². The van der Waals surface area contributed by atoms with E-state index >= 15 is 0 Å². The maximum atomic E-state index is 10.6. The number of aromatic nitrogens is 1. The first-order chi connectivity index (χ1) is 13.5. The summed E-state index contributed by atoms with van der Waals surface area (Å²) in [5, 5.41) is 9.78. The van der Waals surface area contributed by atoms with Crippen molar-refractivity contribution < 1.29 is 19.4 Å². The molecule has 5 nitrogen and oxygen atoms in total. The highest BCUT2D eigenvalue weighted by Crippen LogP contribution is 2.41. The van der Waals surface area contributed by atoms with E-state index in [1.54, 1.807) is 24.5 Å². The molecule has 2 heterocycles. The zero-order valence-electron chi connectivity index (χ0n) is 15.1. The molecule has 0 radical (unpaired) electrons. The van der Waals surface area contributed by atoms with Crippen LogP contribution in [0.4, 0.5) is 0 Å². The van der Waals surface area contributed by atoms with E-state index < -0.39 is 12.3 Å². The van der Waals surface area contributed by atoms with Crippen LogP contribution in [0, 0.1) is 5.92 Å². The molecule has 0 aliphatic carbocycles. The first-order valence-electron chi connectivity index (χ1n) is 9.03. The lowest BCUT2D eigenvalue weighted by molar-refractivity contribution is -0.243. The van der Waals surface area contributed by atoms with Crippen molar-refractivity contribution in [2.45, 2.75) is 31.7 Å². The molecule has 3 rings (SSSR count). The number of nitrogens with zero attached hydrogens (tertiary/aromatic N) is 1. The van der Waals surface area contributed by atoms with Gasteiger partial charge in [-0.05, 0) is 36.6 Å². The summed E-state index contributed by atoms with van der Waals surface area (Å²) >= 11 is 12.3. The monoisotopic (exact) mass is 421 g/mol. The molecule has 148 valence electrons. The minimum Gasteiger partial charge on any atom is -0.481 e. The Morgan fingerprint density at radius 3 is 2.86 bits per heavy atom. The van der Waals surface area contributed by atoms with Crippen LogP contribution in [-0.4, -0.2) is 22.7 Å². The fraction of sp³-hybridized carbons (Fsp3) is 0.333. The van der Waals surface area contributed by atoms with Crippen molar-refractivity contribution in [3.8, 4) is 0 Å². The van der Waals surface area contributed by atoms with Crippen LogP contribution in [0.25, 0.3) is 0 Å². The van der Waals surface area contributed by atoms with E-state index in [1.165, 1.54) is 0 Å². The number of aliphatic carboxylic acids is 1. The third-order valence-electron chi connectivity index (χ3n) is 4.52. The normalized spacial score (nSPS) is 22.4. The van der Waals surface area contributed by atoms with E-state index in [4.69, 9.17) is 37.8 Å². The highest BCUT2D eigenvalue weighted by Gasteiger charge is 2.34. The Kier molecular flexibility index (Phi) is 7.45. The van der Waals surface area contributed by atoms with E-state index in [1.807, 2.05) is 30.4 Å². The van der Waals surface area contributed by atoms with E-state index in [0.29, 0.717) is 29.5 Å². The molecule has 1 N–H and O–H groups in total. The summed E-state index contributed by atoms with van der Waals surface area (Å²) in [7, 11) is 0. The molecule has 0 amide bonds. The molecule has 1 aliphatic heterocycles. The van der Waals surface area contributed by atoms with Crippen LogP contribution in [0.1, 0.15) is 42.8 Å². The first kappa shape index (κ1) is 20.8. The summed E-state index contributed by atoms with van der Waals surface area (Å²) in [5.41, 5.74) is 1.69. The van der Waals surface area contributed by atoms with Crippen molar-refractivity contribution in [1.82, 2.24) is 4.98 Å². The topological polar surface area (TPSA) is 68.7 Å². The number of carboxylic acids is 1. The van der Waals surface area contributed by atoms with E-state index in [-0.39, 0.29) is 18.4 Å². The Balaban J connectivity index is 1.74. The van der Waals surface area contributed by atoms with Gasteiger partial charge in [-0.1, -0.05) is 47.5 Å². The van der Waals surface area contributed by atoms with Gasteiger partial charge >= 0.3 is 5.97 Å². The number of hydrogen-bond acceptors (Lipinski definition) is 4. The number of pyridine rings is 1. The van der Waals surface area contributed by atoms with Gasteiger partial charge in [0.2, 0.25) is 0 Å². The summed E-state index contributed by atoms with van der Waals surface area (Å²) in [6, 6.07) is 9.08. The van der Waals surface area contributed by atoms with Gasteiger partial charge in [0.05, 0.1) is 17.7 Å². The highest BCUT2D eigenvalue weighted by molar-refractivity contribution is 6.35. The highest BCUT2D eigenvalue weighted by atomic mass is 35.5. The zero-order chi connectivity index (χ0) is 19.9. The predicted molar refractivity (Wildman–Crippen MR) is 107 cm³/mol. The van der Waals surface area contributed by atoms with Crippen molar-refractivity contribution in [2.24, 2.45) is 5.92 Å². The number of ether oxygens (including phenoxy) is 2. The first-order valence-corrected chi connectivity index (χ1v) is 9.79. The van der Waals surface area contributed by atoms with Gasteiger partial charge in [-0.15, -0.1) is 0 Å². The average Bonchev–Trinajstić information content (AvgIpc) is 2.68. The summed E-state index contributed by atoms with van der Waals surface area (Å²) in [5.74, 6) is -0.725. The van der Waals surface area contributed by atoms with Gasteiger partial charge in [0.15, 0.2) is 6.29 Å². The second-order valence-corrected chi connectivity index (χ2v) is 7.42. The fourth-order valence-electron chi connectivity index (χ4n) is 3.12. The largest absolute Gasteiger partial charge is 0.481 e. The lowest BCUT2D eigenvalue weighted by Gasteiger charge is -2.37. The Morgan fingerprint density at radius 1 is 1.29 bits per heavy atom. The summed E-state index contributed by atoms with van der Waals surface area (Å²) < 4.78 is 12.2. The number of carboxylic acid groups (broad SMARTS) is 1. The summed E-state index contributed by atoms with van der Waals surface area (Å²) in [6.07, 6.45) is 7.90. The Hall–Kier alpha value is -1.92. The average molecular weight is 422 g/mol. The number of hydrogen-bond donors (Lipinski definition) is 1. The van der Waals surface area contributed by atoms with Gasteiger partial charge < -0.3 is 14.6 Å². The minimum atomic E-state index is -0.801. The smallest absolute Gasteiger partial charge is 0.303 e. The van der Waals surface area contributed by atoms with Crippen molar-refractivity contribution in [1.29, 1.82) is 0 Å². The quantitative estimate of drug-likeness (QED) is 0.588. The number of rotatable bonds is 7. The molecule has 0 saturated carbocycles. The number of carbonyl (C=O) groups is 1. The van der Waals surface area contributed by atoms with Crippen molar-refractivity contribution in [2.75, 3.05) is 6.61 Å². The molecule has 1 aliphatic rings. The summed E-state index contributed by atoms with van der Waals surface area (Å²) in [4.78, 5) is 14.8. The molecule has 0 bridgehead atoms. The number of halogens is 2. The molecular weight excluding hydrogens is 401 g/mol. The molecule has 1 saturated heterocycles. The summed E-state index contributed by atoms with van der Waals surface area (Å²) in [6.45, 7) is 0.479. The van der Waals surface area contributed by atoms with E-state index in [9.17, 15) is 4.79 Å². The van der Waals surface area contributed by atoms with Crippen LogP contribution in [-0.2, 0) is 14.3 Å².